The summed E-state index contributed by atoms with van der Waals surface area (Å²) in [6.45, 7) is 9.95. The fraction of sp³-hybridized carbons (Fsp3) is 0.462. The van der Waals surface area contributed by atoms with Crippen LogP contribution in [0.25, 0.3) is 0 Å². The van der Waals surface area contributed by atoms with Crippen molar-refractivity contribution in [2.75, 3.05) is 0 Å². The van der Waals surface area contributed by atoms with Gasteiger partial charge in [-0.15, -0.1) is 0 Å². The highest BCUT2D eigenvalue weighted by molar-refractivity contribution is 5.97. The van der Waals surface area contributed by atoms with Gasteiger partial charge in [0.2, 0.25) is 0 Å². The van der Waals surface area contributed by atoms with Gasteiger partial charge < -0.3 is 5.32 Å². The summed E-state index contributed by atoms with van der Waals surface area (Å²) in [5.41, 5.74) is 4.11. The normalized spacial score (nSPS) is 10.5. The van der Waals surface area contributed by atoms with Crippen LogP contribution in [0.5, 0.6) is 0 Å². The number of rotatable bonds is 2. The minimum atomic E-state index is 0.0278. The Hall–Kier alpha value is -1.31. The number of aryl methyl sites for hydroxylation is 3. The minimum Gasteiger partial charge on any atom is -0.350 e. The van der Waals surface area contributed by atoms with Gasteiger partial charge in [-0.1, -0.05) is 17.7 Å². The van der Waals surface area contributed by atoms with E-state index >= 15 is 0 Å². The van der Waals surface area contributed by atoms with Gasteiger partial charge in [-0.25, -0.2) is 0 Å². The highest BCUT2D eigenvalue weighted by Gasteiger charge is 2.12. The molecule has 82 valence electrons. The molecule has 0 aromatic heterocycles. The van der Waals surface area contributed by atoms with E-state index in [2.05, 4.69) is 5.32 Å². The monoisotopic (exact) mass is 205 g/mol. The third-order valence-corrected chi connectivity index (χ3v) is 2.32. The molecule has 0 radical (unpaired) electrons. The number of nitrogens with one attached hydrogen (secondary N) is 1. The molecule has 1 aromatic carbocycles. The van der Waals surface area contributed by atoms with Crippen molar-refractivity contribution in [1.82, 2.24) is 5.32 Å². The van der Waals surface area contributed by atoms with E-state index in [-0.39, 0.29) is 11.9 Å². The summed E-state index contributed by atoms with van der Waals surface area (Å²) in [4.78, 5) is 11.9. The summed E-state index contributed by atoms with van der Waals surface area (Å²) in [6, 6.07) is 4.27. The van der Waals surface area contributed by atoms with Gasteiger partial charge >= 0.3 is 0 Å². The van der Waals surface area contributed by atoms with Crippen molar-refractivity contribution in [3.05, 3.63) is 34.4 Å². The molecular weight excluding hydrogens is 186 g/mol. The van der Waals surface area contributed by atoms with E-state index in [4.69, 9.17) is 0 Å². The molecule has 0 aliphatic heterocycles. The van der Waals surface area contributed by atoms with Crippen molar-refractivity contribution in [3.8, 4) is 0 Å². The van der Waals surface area contributed by atoms with Crippen LogP contribution in [0, 0.1) is 20.8 Å². The Morgan fingerprint density at radius 2 is 1.60 bits per heavy atom. The zero-order valence-corrected chi connectivity index (χ0v) is 10.1. The van der Waals surface area contributed by atoms with E-state index in [1.807, 2.05) is 46.8 Å². The lowest BCUT2D eigenvalue weighted by Crippen LogP contribution is -2.31. The summed E-state index contributed by atoms with van der Waals surface area (Å²) in [5, 5.41) is 2.92. The first-order valence-electron chi connectivity index (χ1n) is 5.30. The molecule has 0 unspecified atom stereocenters. The first kappa shape index (κ1) is 11.8. The van der Waals surface area contributed by atoms with Crippen LogP contribution < -0.4 is 5.32 Å². The lowest BCUT2D eigenvalue weighted by Gasteiger charge is -2.13. The van der Waals surface area contributed by atoms with E-state index < -0.39 is 0 Å². The average Bonchev–Trinajstić information content (AvgIpc) is 1.99. The third-order valence-electron chi connectivity index (χ3n) is 2.32. The summed E-state index contributed by atoms with van der Waals surface area (Å²) in [6.07, 6.45) is 0. The van der Waals surface area contributed by atoms with E-state index in [1.54, 1.807) is 0 Å². The van der Waals surface area contributed by atoms with Crippen LogP contribution in [0.4, 0.5) is 0 Å². The van der Waals surface area contributed by atoms with Crippen LogP contribution >= 0.6 is 0 Å². The summed E-state index contributed by atoms with van der Waals surface area (Å²) >= 11 is 0. The Labute approximate surface area is 91.7 Å². The molecule has 2 heteroatoms. The van der Waals surface area contributed by atoms with Gasteiger partial charge in [0, 0.05) is 11.6 Å². The van der Waals surface area contributed by atoms with Crippen LogP contribution in [0.1, 0.15) is 40.9 Å². The van der Waals surface area contributed by atoms with E-state index in [0.29, 0.717) is 0 Å². The smallest absolute Gasteiger partial charge is 0.252 e. The maximum Gasteiger partial charge on any atom is 0.252 e. The van der Waals surface area contributed by atoms with Gasteiger partial charge in [0.25, 0.3) is 5.91 Å². The van der Waals surface area contributed by atoms with Crippen molar-refractivity contribution in [2.24, 2.45) is 0 Å². The van der Waals surface area contributed by atoms with Gasteiger partial charge in [-0.2, -0.15) is 0 Å². The SMILES string of the molecule is Cc1cc(C)c(C(=O)NC(C)C)c(C)c1. The third kappa shape index (κ3) is 2.82. The number of benzene rings is 1. The predicted octanol–water partition coefficient (Wildman–Crippen LogP) is 2.75. The standard InChI is InChI=1S/C13H19NO/c1-8(2)14-13(15)12-10(4)6-9(3)7-11(12)5/h6-8H,1-5H3,(H,14,15). The molecule has 0 aliphatic rings. The number of amides is 1. The summed E-state index contributed by atoms with van der Waals surface area (Å²) < 4.78 is 0. The first-order chi connectivity index (χ1) is 6.91. The molecule has 0 spiro atoms. The molecule has 1 aromatic rings. The molecule has 0 saturated carbocycles. The Balaban J connectivity index is 3.09. The second-order valence-corrected chi connectivity index (χ2v) is 4.40. The van der Waals surface area contributed by atoms with Crippen molar-refractivity contribution in [2.45, 2.75) is 40.7 Å². The predicted molar refractivity (Wildman–Crippen MR) is 63.3 cm³/mol. The van der Waals surface area contributed by atoms with Crippen molar-refractivity contribution < 1.29 is 4.79 Å². The average molecular weight is 205 g/mol. The van der Waals surface area contributed by atoms with E-state index in [1.165, 1.54) is 5.56 Å². The first-order valence-corrected chi connectivity index (χ1v) is 5.30. The largest absolute Gasteiger partial charge is 0.350 e. The van der Waals surface area contributed by atoms with Gasteiger partial charge in [0.05, 0.1) is 0 Å². The number of hydrogen-bond acceptors (Lipinski definition) is 1. The van der Waals surface area contributed by atoms with Crippen LogP contribution in [0.3, 0.4) is 0 Å². The Kier molecular flexibility index (Phi) is 3.51. The molecule has 0 aliphatic carbocycles. The van der Waals surface area contributed by atoms with Gasteiger partial charge in [0.15, 0.2) is 0 Å². The highest BCUT2D eigenvalue weighted by Crippen LogP contribution is 2.16. The maximum atomic E-state index is 11.9. The van der Waals surface area contributed by atoms with Crippen molar-refractivity contribution in [1.29, 1.82) is 0 Å². The van der Waals surface area contributed by atoms with Gasteiger partial charge in [-0.3, -0.25) is 4.79 Å². The van der Waals surface area contributed by atoms with Crippen LogP contribution in [0.15, 0.2) is 12.1 Å². The highest BCUT2D eigenvalue weighted by atomic mass is 16.1. The molecule has 0 saturated heterocycles. The molecule has 15 heavy (non-hydrogen) atoms. The second-order valence-electron chi connectivity index (χ2n) is 4.40. The molecule has 0 fully saturated rings. The quantitative estimate of drug-likeness (QED) is 0.790. The number of carbonyl (C=O) groups is 1. The molecule has 0 atom stereocenters. The molecule has 2 nitrogen and oxygen atoms in total. The Bertz CT molecular complexity index is 357. The molecular formula is C13H19NO. The fourth-order valence-corrected chi connectivity index (χ4v) is 1.87. The van der Waals surface area contributed by atoms with Gasteiger partial charge in [-0.05, 0) is 45.7 Å². The second kappa shape index (κ2) is 4.47. The lowest BCUT2D eigenvalue weighted by atomic mass is 9.99. The van der Waals surface area contributed by atoms with Crippen molar-refractivity contribution in [3.63, 3.8) is 0 Å². The van der Waals surface area contributed by atoms with Crippen LogP contribution in [-0.2, 0) is 0 Å². The minimum absolute atomic E-state index is 0.0278. The molecule has 1 amide bonds. The Morgan fingerprint density at radius 3 is 2.00 bits per heavy atom. The number of carbonyl (C=O) groups excluding carboxylic acids is 1. The Morgan fingerprint density at radius 1 is 1.13 bits per heavy atom. The van der Waals surface area contributed by atoms with Crippen LogP contribution in [0.2, 0.25) is 0 Å². The van der Waals surface area contributed by atoms with Crippen LogP contribution in [-0.4, -0.2) is 11.9 Å². The zero-order chi connectivity index (χ0) is 11.6. The zero-order valence-electron chi connectivity index (χ0n) is 10.1. The van der Waals surface area contributed by atoms with E-state index in [9.17, 15) is 4.79 Å². The molecule has 0 bridgehead atoms. The lowest BCUT2D eigenvalue weighted by molar-refractivity contribution is 0.0942. The summed E-state index contributed by atoms with van der Waals surface area (Å²) in [5.74, 6) is 0.0278. The topological polar surface area (TPSA) is 29.1 Å². The summed E-state index contributed by atoms with van der Waals surface area (Å²) in [7, 11) is 0. The van der Waals surface area contributed by atoms with Crippen molar-refractivity contribution >= 4 is 5.91 Å². The van der Waals surface area contributed by atoms with Gasteiger partial charge in [0.1, 0.15) is 0 Å². The van der Waals surface area contributed by atoms with E-state index in [0.717, 1.165) is 16.7 Å². The molecule has 1 N–H and O–H groups in total. The molecule has 1 rings (SSSR count). The number of hydrogen-bond donors (Lipinski definition) is 1. The maximum absolute atomic E-state index is 11.9. The fourth-order valence-electron chi connectivity index (χ4n) is 1.87. The molecule has 0 heterocycles.